The molecule has 13 heavy (non-hydrogen) atoms. The number of nitrogens with zero attached hydrogens (tertiary/aromatic N) is 2. The quantitative estimate of drug-likeness (QED) is 0.778. The molecule has 0 saturated carbocycles. The Hall–Kier alpha value is -0.860. The Morgan fingerprint density at radius 2 is 1.92 bits per heavy atom. The third-order valence-corrected chi connectivity index (χ3v) is 3.63. The van der Waals surface area contributed by atoms with E-state index in [-0.39, 0.29) is 10.8 Å². The van der Waals surface area contributed by atoms with E-state index < -0.39 is 0 Å². The highest BCUT2D eigenvalue weighted by molar-refractivity contribution is 5.13. The van der Waals surface area contributed by atoms with Gasteiger partial charge in [-0.2, -0.15) is 15.4 Å². The molecule has 0 atom stereocenters. The summed E-state index contributed by atoms with van der Waals surface area (Å²) >= 11 is 0. The molecule has 0 aromatic carbocycles. The van der Waals surface area contributed by atoms with Gasteiger partial charge >= 0.3 is 0 Å². The van der Waals surface area contributed by atoms with Gasteiger partial charge < -0.3 is 0 Å². The second-order valence-corrected chi connectivity index (χ2v) is 4.72. The van der Waals surface area contributed by atoms with Crippen LogP contribution in [0, 0.1) is 5.41 Å². The smallest absolute Gasteiger partial charge is 0.0886 e. The van der Waals surface area contributed by atoms with E-state index in [1.807, 2.05) is 6.20 Å². The molecule has 0 saturated heterocycles. The molecule has 0 aliphatic rings. The lowest BCUT2D eigenvalue weighted by Gasteiger charge is -2.39. The van der Waals surface area contributed by atoms with E-state index in [1.54, 1.807) is 0 Å². The van der Waals surface area contributed by atoms with Crippen molar-refractivity contribution in [3.63, 3.8) is 0 Å². The third-order valence-electron chi connectivity index (χ3n) is 3.63. The predicted octanol–water partition coefficient (Wildman–Crippen LogP) is 2.52. The van der Waals surface area contributed by atoms with Crippen LogP contribution < -0.4 is 0 Å². The van der Waals surface area contributed by atoms with Crippen molar-refractivity contribution in [2.24, 2.45) is 5.41 Å². The molecule has 0 amide bonds. The molecule has 3 nitrogen and oxygen atoms in total. The van der Waals surface area contributed by atoms with E-state index in [1.165, 1.54) is 0 Å². The normalized spacial score (nSPS) is 13.3. The van der Waals surface area contributed by atoms with E-state index in [4.69, 9.17) is 0 Å². The van der Waals surface area contributed by atoms with E-state index >= 15 is 0 Å². The lowest BCUT2D eigenvalue weighted by molar-refractivity contribution is 0.184. The van der Waals surface area contributed by atoms with E-state index in [9.17, 15) is 0 Å². The zero-order chi connectivity index (χ0) is 10.1. The SMILES string of the molecule is CCC(C)(C)C(C)(C)c1cn[nH]n1. The molecule has 0 fully saturated rings. The van der Waals surface area contributed by atoms with Crippen molar-refractivity contribution in [1.82, 2.24) is 15.4 Å². The van der Waals surface area contributed by atoms with Gasteiger partial charge in [0.1, 0.15) is 0 Å². The van der Waals surface area contributed by atoms with Crippen LogP contribution in [0.1, 0.15) is 46.7 Å². The van der Waals surface area contributed by atoms with Crippen LogP contribution in [0.25, 0.3) is 0 Å². The molecule has 74 valence electrons. The topological polar surface area (TPSA) is 41.6 Å². The van der Waals surface area contributed by atoms with Crippen LogP contribution in [-0.2, 0) is 5.41 Å². The van der Waals surface area contributed by atoms with Crippen LogP contribution >= 0.6 is 0 Å². The Kier molecular flexibility index (Phi) is 2.46. The third kappa shape index (κ3) is 1.60. The van der Waals surface area contributed by atoms with Crippen molar-refractivity contribution in [3.8, 4) is 0 Å². The van der Waals surface area contributed by atoms with Gasteiger partial charge in [-0.25, -0.2) is 0 Å². The van der Waals surface area contributed by atoms with Crippen LogP contribution in [0.4, 0.5) is 0 Å². The summed E-state index contributed by atoms with van der Waals surface area (Å²) in [6.07, 6.45) is 2.95. The summed E-state index contributed by atoms with van der Waals surface area (Å²) in [5.41, 5.74) is 1.35. The number of hydrogen-bond acceptors (Lipinski definition) is 2. The molecule has 0 bridgehead atoms. The summed E-state index contributed by atoms with van der Waals surface area (Å²) in [6.45, 7) is 11.2. The van der Waals surface area contributed by atoms with Gasteiger partial charge in [0.25, 0.3) is 0 Å². The summed E-state index contributed by atoms with van der Waals surface area (Å²) in [6, 6.07) is 0. The van der Waals surface area contributed by atoms with Crippen molar-refractivity contribution < 1.29 is 0 Å². The number of rotatable bonds is 3. The number of nitrogens with one attached hydrogen (secondary N) is 1. The molecule has 3 heteroatoms. The van der Waals surface area contributed by atoms with Crippen molar-refractivity contribution in [2.75, 3.05) is 0 Å². The fourth-order valence-electron chi connectivity index (χ4n) is 1.29. The van der Waals surface area contributed by atoms with E-state index in [0.717, 1.165) is 12.1 Å². The van der Waals surface area contributed by atoms with Gasteiger partial charge in [0.05, 0.1) is 11.9 Å². The van der Waals surface area contributed by atoms with Gasteiger partial charge in [0.15, 0.2) is 0 Å². The molecule has 0 aliphatic carbocycles. The number of hydrogen-bond donors (Lipinski definition) is 1. The van der Waals surface area contributed by atoms with E-state index in [0.29, 0.717) is 0 Å². The van der Waals surface area contributed by atoms with Crippen LogP contribution in [-0.4, -0.2) is 15.4 Å². The molecular formula is C10H19N3. The monoisotopic (exact) mass is 181 g/mol. The first kappa shape index (κ1) is 10.2. The first-order valence-corrected chi connectivity index (χ1v) is 4.78. The predicted molar refractivity (Wildman–Crippen MR) is 53.5 cm³/mol. The molecule has 0 aliphatic heterocycles. The minimum Gasteiger partial charge on any atom is -0.198 e. The zero-order valence-corrected chi connectivity index (χ0v) is 9.18. The van der Waals surface area contributed by atoms with Gasteiger partial charge in [-0.3, -0.25) is 0 Å². The maximum absolute atomic E-state index is 4.17. The zero-order valence-electron chi connectivity index (χ0n) is 9.18. The first-order chi connectivity index (χ1) is 5.92. The maximum Gasteiger partial charge on any atom is 0.0886 e. The molecule has 1 rings (SSSR count). The molecule has 1 aromatic rings. The van der Waals surface area contributed by atoms with Crippen LogP contribution in [0.5, 0.6) is 0 Å². The average molecular weight is 181 g/mol. The summed E-state index contributed by atoms with van der Waals surface area (Å²) in [5, 5.41) is 10.7. The van der Waals surface area contributed by atoms with Crippen LogP contribution in [0.2, 0.25) is 0 Å². The fourth-order valence-corrected chi connectivity index (χ4v) is 1.29. The van der Waals surface area contributed by atoms with Gasteiger partial charge in [0, 0.05) is 5.41 Å². The summed E-state index contributed by atoms with van der Waals surface area (Å²) < 4.78 is 0. The summed E-state index contributed by atoms with van der Waals surface area (Å²) in [4.78, 5) is 0. The Balaban J connectivity index is 3.02. The highest BCUT2D eigenvalue weighted by Gasteiger charge is 2.38. The highest BCUT2D eigenvalue weighted by atomic mass is 15.3. The molecule has 1 N–H and O–H groups in total. The molecule has 1 heterocycles. The summed E-state index contributed by atoms with van der Waals surface area (Å²) in [7, 11) is 0. The lowest BCUT2D eigenvalue weighted by Crippen LogP contribution is -2.36. The minimum atomic E-state index is 0.0642. The number of aromatic amines is 1. The second kappa shape index (κ2) is 3.13. The van der Waals surface area contributed by atoms with Gasteiger partial charge in [-0.1, -0.05) is 41.0 Å². The van der Waals surface area contributed by atoms with Crippen LogP contribution in [0.15, 0.2) is 6.20 Å². The van der Waals surface area contributed by atoms with Gasteiger partial charge in [-0.05, 0) is 5.41 Å². The number of aromatic nitrogens is 3. The largest absolute Gasteiger partial charge is 0.198 e. The van der Waals surface area contributed by atoms with Crippen molar-refractivity contribution in [1.29, 1.82) is 0 Å². The summed E-state index contributed by atoms with van der Waals surface area (Å²) in [5.74, 6) is 0. The molecule has 1 aromatic heterocycles. The highest BCUT2D eigenvalue weighted by Crippen LogP contribution is 2.42. The first-order valence-electron chi connectivity index (χ1n) is 4.78. The van der Waals surface area contributed by atoms with Gasteiger partial charge in [0.2, 0.25) is 0 Å². The Bertz CT molecular complexity index is 260. The molecular weight excluding hydrogens is 162 g/mol. The van der Waals surface area contributed by atoms with Crippen LogP contribution in [0.3, 0.4) is 0 Å². The standard InChI is InChI=1S/C10H19N3/c1-6-9(2,3)10(4,5)8-7-11-13-12-8/h7H,6H2,1-5H3,(H,11,12,13). The number of H-pyrrole nitrogens is 1. The molecule has 0 spiro atoms. The Labute approximate surface area is 79.9 Å². The maximum atomic E-state index is 4.17. The van der Waals surface area contributed by atoms with Crippen molar-refractivity contribution >= 4 is 0 Å². The second-order valence-electron chi connectivity index (χ2n) is 4.72. The Morgan fingerprint density at radius 1 is 1.31 bits per heavy atom. The minimum absolute atomic E-state index is 0.0642. The Morgan fingerprint density at radius 3 is 2.31 bits per heavy atom. The lowest BCUT2D eigenvalue weighted by atomic mass is 9.65. The van der Waals surface area contributed by atoms with Crippen molar-refractivity contribution in [2.45, 2.75) is 46.5 Å². The van der Waals surface area contributed by atoms with E-state index in [2.05, 4.69) is 50.0 Å². The average Bonchev–Trinajstić information content (AvgIpc) is 2.56. The molecule has 0 radical (unpaired) electrons. The fraction of sp³-hybridized carbons (Fsp3) is 0.800. The van der Waals surface area contributed by atoms with Crippen molar-refractivity contribution in [3.05, 3.63) is 11.9 Å². The molecule has 0 unspecified atom stereocenters. The van der Waals surface area contributed by atoms with Gasteiger partial charge in [-0.15, -0.1) is 0 Å².